The van der Waals surface area contributed by atoms with Crippen LogP contribution < -0.4 is 0 Å². The molecule has 1 atom stereocenters. The normalized spacial score (nSPS) is 12.8. The van der Waals surface area contributed by atoms with Crippen LogP contribution in [-0.2, 0) is 16.4 Å². The Kier molecular flexibility index (Phi) is 5.76. The van der Waals surface area contributed by atoms with Gasteiger partial charge in [-0.25, -0.2) is 8.42 Å². The van der Waals surface area contributed by atoms with E-state index in [1.54, 1.807) is 0 Å². The lowest BCUT2D eigenvalue weighted by Gasteiger charge is -2.24. The lowest BCUT2D eigenvalue weighted by Crippen LogP contribution is -2.34. The summed E-state index contributed by atoms with van der Waals surface area (Å²) in [5.74, 6) is 0.150. The van der Waals surface area contributed by atoms with Crippen LogP contribution in [0.2, 0.25) is 0 Å². The SMILES string of the molecule is C[C@@H](CS(C)(=O)=O)N(C)Cc1ccc(-c2ccccc2C#N)cc1. The molecule has 0 aromatic heterocycles. The maximum Gasteiger partial charge on any atom is 0.148 e. The van der Waals surface area contributed by atoms with Crippen LogP contribution in [0.25, 0.3) is 11.1 Å². The minimum Gasteiger partial charge on any atom is -0.298 e. The van der Waals surface area contributed by atoms with Gasteiger partial charge in [-0.3, -0.25) is 4.90 Å². The Bertz CT molecular complexity index is 836. The van der Waals surface area contributed by atoms with Gasteiger partial charge in [-0.15, -0.1) is 0 Å². The van der Waals surface area contributed by atoms with Gasteiger partial charge in [-0.1, -0.05) is 42.5 Å². The highest BCUT2D eigenvalue weighted by molar-refractivity contribution is 7.90. The highest BCUT2D eigenvalue weighted by Gasteiger charge is 2.15. The van der Waals surface area contributed by atoms with E-state index in [1.165, 1.54) is 6.26 Å². The third kappa shape index (κ3) is 4.92. The molecule has 0 saturated carbocycles. The molecule has 0 N–H and O–H groups in total. The Morgan fingerprint density at radius 1 is 1.12 bits per heavy atom. The zero-order valence-electron chi connectivity index (χ0n) is 14.2. The number of hydrogen-bond donors (Lipinski definition) is 0. The Hall–Kier alpha value is -2.16. The van der Waals surface area contributed by atoms with Crippen LogP contribution in [-0.4, -0.2) is 38.4 Å². The van der Waals surface area contributed by atoms with Gasteiger partial charge >= 0.3 is 0 Å². The highest BCUT2D eigenvalue weighted by Crippen LogP contribution is 2.23. The molecular formula is C19H22N2O2S. The molecule has 0 fully saturated rings. The first kappa shape index (κ1) is 18.2. The lowest BCUT2D eigenvalue weighted by molar-refractivity contribution is 0.267. The fourth-order valence-corrected chi connectivity index (χ4v) is 3.76. The summed E-state index contributed by atoms with van der Waals surface area (Å²) in [7, 11) is -1.06. The van der Waals surface area contributed by atoms with Gasteiger partial charge in [0.15, 0.2) is 0 Å². The summed E-state index contributed by atoms with van der Waals surface area (Å²) in [5, 5.41) is 9.20. The molecule has 2 aromatic rings. The first-order valence-corrected chi connectivity index (χ1v) is 9.82. The second kappa shape index (κ2) is 7.61. The largest absolute Gasteiger partial charge is 0.298 e. The van der Waals surface area contributed by atoms with Gasteiger partial charge in [0, 0.05) is 18.8 Å². The zero-order valence-corrected chi connectivity index (χ0v) is 15.0. The quantitative estimate of drug-likeness (QED) is 0.809. The van der Waals surface area contributed by atoms with Crippen molar-refractivity contribution in [3.8, 4) is 17.2 Å². The Morgan fingerprint density at radius 3 is 2.33 bits per heavy atom. The van der Waals surface area contributed by atoms with Gasteiger partial charge in [0.25, 0.3) is 0 Å². The summed E-state index contributed by atoms with van der Waals surface area (Å²) in [6.45, 7) is 2.59. The summed E-state index contributed by atoms with van der Waals surface area (Å²) in [6.07, 6.45) is 1.26. The van der Waals surface area contributed by atoms with Crippen molar-refractivity contribution in [3.63, 3.8) is 0 Å². The maximum atomic E-state index is 11.4. The van der Waals surface area contributed by atoms with E-state index < -0.39 is 9.84 Å². The Morgan fingerprint density at radius 2 is 1.75 bits per heavy atom. The standard InChI is InChI=1S/C19H22N2O2S/c1-15(14-24(3,22)23)21(2)13-16-8-10-17(11-9-16)19-7-5-4-6-18(19)12-20/h4-11,15H,13-14H2,1-3H3/t15-/m0/s1. The van der Waals surface area contributed by atoms with Crippen molar-refractivity contribution in [2.75, 3.05) is 19.1 Å². The van der Waals surface area contributed by atoms with Crippen molar-refractivity contribution in [1.29, 1.82) is 5.26 Å². The van der Waals surface area contributed by atoms with Gasteiger partial charge in [-0.2, -0.15) is 5.26 Å². The van der Waals surface area contributed by atoms with E-state index in [1.807, 2.05) is 67.4 Å². The van der Waals surface area contributed by atoms with E-state index in [9.17, 15) is 13.7 Å². The molecule has 0 radical (unpaired) electrons. The molecule has 0 aliphatic carbocycles. The van der Waals surface area contributed by atoms with Gasteiger partial charge in [-0.05, 0) is 36.7 Å². The number of benzene rings is 2. The summed E-state index contributed by atoms with van der Waals surface area (Å²) in [6, 6.07) is 17.7. The molecule has 24 heavy (non-hydrogen) atoms. The fraction of sp³-hybridized carbons (Fsp3) is 0.316. The van der Waals surface area contributed by atoms with E-state index in [2.05, 4.69) is 6.07 Å². The first-order valence-electron chi connectivity index (χ1n) is 7.76. The second-order valence-electron chi connectivity index (χ2n) is 6.21. The first-order chi connectivity index (χ1) is 11.3. The van der Waals surface area contributed by atoms with E-state index in [0.717, 1.165) is 16.7 Å². The lowest BCUT2D eigenvalue weighted by atomic mass is 9.99. The van der Waals surface area contributed by atoms with E-state index in [-0.39, 0.29) is 11.8 Å². The highest BCUT2D eigenvalue weighted by atomic mass is 32.2. The van der Waals surface area contributed by atoms with Crippen LogP contribution in [0.3, 0.4) is 0 Å². The topological polar surface area (TPSA) is 61.2 Å². The van der Waals surface area contributed by atoms with E-state index in [4.69, 9.17) is 0 Å². The van der Waals surface area contributed by atoms with Crippen LogP contribution in [0.5, 0.6) is 0 Å². The third-order valence-corrected chi connectivity index (χ3v) is 5.13. The summed E-state index contributed by atoms with van der Waals surface area (Å²) < 4.78 is 22.8. The van der Waals surface area contributed by atoms with Gasteiger partial charge in [0.05, 0.1) is 17.4 Å². The van der Waals surface area contributed by atoms with Crippen LogP contribution in [0.4, 0.5) is 0 Å². The number of hydrogen-bond acceptors (Lipinski definition) is 4. The number of nitrogens with zero attached hydrogens (tertiary/aromatic N) is 2. The van der Waals surface area contributed by atoms with Crippen LogP contribution >= 0.6 is 0 Å². The van der Waals surface area contributed by atoms with Crippen LogP contribution in [0.15, 0.2) is 48.5 Å². The average Bonchev–Trinajstić information content (AvgIpc) is 2.54. The van der Waals surface area contributed by atoms with Gasteiger partial charge in [0.1, 0.15) is 9.84 Å². The molecule has 0 bridgehead atoms. The Labute approximate surface area is 144 Å². The molecule has 0 aliphatic heterocycles. The van der Waals surface area contributed by atoms with Crippen molar-refractivity contribution in [3.05, 3.63) is 59.7 Å². The van der Waals surface area contributed by atoms with Gasteiger partial charge < -0.3 is 0 Å². The van der Waals surface area contributed by atoms with Crippen molar-refractivity contribution in [1.82, 2.24) is 4.90 Å². The number of nitriles is 1. The molecule has 2 rings (SSSR count). The van der Waals surface area contributed by atoms with E-state index in [0.29, 0.717) is 12.1 Å². The van der Waals surface area contributed by atoms with E-state index >= 15 is 0 Å². The molecule has 0 unspecified atom stereocenters. The molecular weight excluding hydrogens is 320 g/mol. The minimum absolute atomic E-state index is 0.0426. The maximum absolute atomic E-state index is 11.4. The molecule has 2 aromatic carbocycles. The van der Waals surface area contributed by atoms with Crippen molar-refractivity contribution in [2.45, 2.75) is 19.5 Å². The molecule has 0 aliphatic rings. The smallest absolute Gasteiger partial charge is 0.148 e. The molecule has 0 saturated heterocycles. The predicted octanol–water partition coefficient (Wildman–Crippen LogP) is 3.09. The Balaban J connectivity index is 2.11. The number of sulfone groups is 1. The second-order valence-corrected chi connectivity index (χ2v) is 8.40. The molecule has 5 heteroatoms. The number of rotatable bonds is 6. The van der Waals surface area contributed by atoms with Crippen molar-refractivity contribution in [2.24, 2.45) is 0 Å². The third-order valence-electron chi connectivity index (χ3n) is 4.04. The summed E-state index contributed by atoms with van der Waals surface area (Å²) in [4.78, 5) is 2.03. The average molecular weight is 342 g/mol. The van der Waals surface area contributed by atoms with Crippen molar-refractivity contribution < 1.29 is 8.42 Å². The van der Waals surface area contributed by atoms with Crippen molar-refractivity contribution >= 4 is 9.84 Å². The molecule has 0 heterocycles. The summed E-state index contributed by atoms with van der Waals surface area (Å²) >= 11 is 0. The zero-order chi connectivity index (χ0) is 17.7. The fourth-order valence-electron chi connectivity index (χ4n) is 2.63. The monoisotopic (exact) mass is 342 g/mol. The molecule has 0 amide bonds. The summed E-state index contributed by atoms with van der Waals surface area (Å²) in [5.41, 5.74) is 3.69. The molecule has 4 nitrogen and oxygen atoms in total. The van der Waals surface area contributed by atoms with Crippen LogP contribution in [0.1, 0.15) is 18.1 Å². The predicted molar refractivity (Wildman–Crippen MR) is 97.2 cm³/mol. The molecule has 126 valence electrons. The van der Waals surface area contributed by atoms with Gasteiger partial charge in [0.2, 0.25) is 0 Å². The molecule has 0 spiro atoms. The van der Waals surface area contributed by atoms with Crippen LogP contribution in [0, 0.1) is 11.3 Å². The minimum atomic E-state index is -2.98.